The molecule has 0 bridgehead atoms. The second-order valence-electron chi connectivity index (χ2n) is 7.49. The minimum atomic E-state index is -0.0907. The van der Waals surface area contributed by atoms with Gasteiger partial charge in [-0.2, -0.15) is 0 Å². The van der Waals surface area contributed by atoms with E-state index in [1.165, 1.54) is 0 Å². The molecule has 0 amide bonds. The van der Waals surface area contributed by atoms with Gasteiger partial charge < -0.3 is 14.5 Å². The molecule has 3 aromatic rings. The first-order chi connectivity index (χ1) is 14.8. The Labute approximate surface area is 179 Å². The maximum atomic E-state index is 12.5. The molecule has 2 saturated heterocycles. The largest absolute Gasteiger partial charge is 0.486 e. The lowest BCUT2D eigenvalue weighted by Gasteiger charge is -2.38. The van der Waals surface area contributed by atoms with E-state index in [4.69, 9.17) is 9.47 Å². The normalized spacial score (nSPS) is 17.9. The molecule has 2 fully saturated rings. The van der Waals surface area contributed by atoms with Gasteiger partial charge in [-0.05, 0) is 25.0 Å². The molecule has 2 aliphatic rings. The van der Waals surface area contributed by atoms with E-state index in [9.17, 15) is 4.79 Å². The number of ether oxygens (including phenoxy) is 2. The lowest BCUT2D eigenvalue weighted by molar-refractivity contribution is 0.0135. The third-order valence-corrected chi connectivity index (χ3v) is 5.46. The van der Waals surface area contributed by atoms with Crippen molar-refractivity contribution in [2.75, 3.05) is 26.3 Å². The maximum Gasteiger partial charge on any atom is 0.274 e. The number of hydrogen-bond donors (Lipinski definition) is 1. The van der Waals surface area contributed by atoms with Crippen LogP contribution in [0.4, 0.5) is 0 Å². The van der Waals surface area contributed by atoms with E-state index in [2.05, 4.69) is 37.7 Å². The number of pyridine rings is 1. The Kier molecular flexibility index (Phi) is 7.11. The van der Waals surface area contributed by atoms with Crippen LogP contribution in [0.15, 0.2) is 41.7 Å². The highest BCUT2D eigenvalue weighted by Crippen LogP contribution is 2.26. The SMILES string of the molecule is O=c1[nH]c(CN2CC(Oc3cccnc3)C2)cn2c(C3CCOCC3)ncc12.PP. The smallest absolute Gasteiger partial charge is 0.274 e. The van der Waals surface area contributed by atoms with Crippen molar-refractivity contribution >= 4 is 23.4 Å². The van der Waals surface area contributed by atoms with E-state index < -0.39 is 0 Å². The summed E-state index contributed by atoms with van der Waals surface area (Å²) in [5.41, 5.74) is 1.40. The number of aromatic nitrogens is 4. The van der Waals surface area contributed by atoms with Crippen LogP contribution < -0.4 is 10.3 Å². The molecular formula is C20H27N5O3P2. The van der Waals surface area contributed by atoms with E-state index in [1.807, 2.05) is 22.7 Å². The van der Waals surface area contributed by atoms with Crippen molar-refractivity contribution in [3.8, 4) is 5.75 Å². The van der Waals surface area contributed by atoms with Gasteiger partial charge >= 0.3 is 0 Å². The second kappa shape index (κ2) is 9.97. The minimum Gasteiger partial charge on any atom is -0.486 e. The first kappa shape index (κ1) is 21.4. The molecular weight excluding hydrogens is 420 g/mol. The minimum absolute atomic E-state index is 0.0907. The quantitative estimate of drug-likeness (QED) is 0.604. The Hall–Kier alpha value is -1.85. The summed E-state index contributed by atoms with van der Waals surface area (Å²) in [4.78, 5) is 26.4. The molecule has 2 aliphatic heterocycles. The molecule has 8 nitrogen and oxygen atoms in total. The number of fused-ring (bicyclic) bond motifs is 1. The predicted molar refractivity (Wildman–Crippen MR) is 122 cm³/mol. The van der Waals surface area contributed by atoms with Crippen LogP contribution in [0.1, 0.15) is 30.3 Å². The summed E-state index contributed by atoms with van der Waals surface area (Å²) in [6.07, 6.45) is 9.20. The van der Waals surface area contributed by atoms with E-state index in [0.717, 1.165) is 56.4 Å². The first-order valence-corrected chi connectivity index (χ1v) is 12.7. The molecule has 1 N–H and O–H groups in total. The molecule has 0 aromatic carbocycles. The number of imidazole rings is 1. The number of likely N-dealkylation sites (tertiary alicyclic amines) is 1. The van der Waals surface area contributed by atoms with Crippen molar-refractivity contribution in [2.24, 2.45) is 0 Å². The third kappa shape index (κ3) is 4.73. The molecule has 5 heterocycles. The van der Waals surface area contributed by atoms with Gasteiger partial charge in [0.1, 0.15) is 23.2 Å². The maximum absolute atomic E-state index is 12.5. The van der Waals surface area contributed by atoms with Crippen LogP contribution in [0.5, 0.6) is 5.75 Å². The van der Waals surface area contributed by atoms with Gasteiger partial charge in [0.2, 0.25) is 0 Å². The summed E-state index contributed by atoms with van der Waals surface area (Å²) < 4.78 is 13.3. The zero-order chi connectivity index (χ0) is 20.9. The van der Waals surface area contributed by atoms with Crippen LogP contribution in [-0.2, 0) is 11.3 Å². The monoisotopic (exact) mass is 447 g/mol. The van der Waals surface area contributed by atoms with Crippen LogP contribution in [0, 0.1) is 0 Å². The molecule has 0 spiro atoms. The van der Waals surface area contributed by atoms with Gasteiger partial charge in [0, 0.05) is 56.9 Å². The van der Waals surface area contributed by atoms with Crippen molar-refractivity contribution in [3.63, 3.8) is 0 Å². The molecule has 2 unspecified atom stereocenters. The van der Waals surface area contributed by atoms with Crippen molar-refractivity contribution in [3.05, 3.63) is 58.8 Å². The van der Waals surface area contributed by atoms with Gasteiger partial charge in [-0.1, -0.05) is 0 Å². The van der Waals surface area contributed by atoms with E-state index in [-0.39, 0.29) is 11.7 Å². The number of nitrogens with zero attached hydrogens (tertiary/aromatic N) is 4. The van der Waals surface area contributed by atoms with Gasteiger partial charge in [-0.3, -0.25) is 19.1 Å². The molecule has 2 atom stereocenters. The highest BCUT2D eigenvalue weighted by molar-refractivity contribution is 7.92. The van der Waals surface area contributed by atoms with Gasteiger partial charge in [0.25, 0.3) is 5.56 Å². The van der Waals surface area contributed by atoms with Crippen molar-refractivity contribution in [1.82, 2.24) is 24.3 Å². The Bertz CT molecular complexity index is 1010. The predicted octanol–water partition coefficient (Wildman–Crippen LogP) is 2.23. The fraction of sp³-hybridized carbons (Fsp3) is 0.450. The molecule has 0 radical (unpaired) electrons. The summed E-state index contributed by atoms with van der Waals surface area (Å²) in [7, 11) is 4.67. The highest BCUT2D eigenvalue weighted by Gasteiger charge is 2.29. The van der Waals surface area contributed by atoms with Gasteiger partial charge in [-0.25, -0.2) is 4.98 Å². The van der Waals surface area contributed by atoms with Gasteiger partial charge in [0.15, 0.2) is 0 Å². The van der Waals surface area contributed by atoms with E-state index in [0.29, 0.717) is 18.0 Å². The number of aromatic amines is 1. The molecule has 10 heteroatoms. The Balaban J connectivity index is 0.00000106. The topological polar surface area (TPSA) is 84.8 Å². The Morgan fingerprint density at radius 1 is 1.23 bits per heavy atom. The van der Waals surface area contributed by atoms with E-state index >= 15 is 0 Å². The van der Waals surface area contributed by atoms with Crippen LogP contribution in [-0.4, -0.2) is 56.7 Å². The van der Waals surface area contributed by atoms with Gasteiger partial charge in [0.05, 0.1) is 12.4 Å². The highest BCUT2D eigenvalue weighted by atomic mass is 32.0. The van der Waals surface area contributed by atoms with Crippen LogP contribution >= 0.6 is 17.9 Å². The average Bonchev–Trinajstić information content (AvgIpc) is 3.20. The molecule has 30 heavy (non-hydrogen) atoms. The third-order valence-electron chi connectivity index (χ3n) is 5.46. The molecule has 0 saturated carbocycles. The fourth-order valence-corrected chi connectivity index (χ4v) is 3.99. The number of hydrogen-bond acceptors (Lipinski definition) is 6. The van der Waals surface area contributed by atoms with Crippen molar-refractivity contribution < 1.29 is 9.47 Å². The fourth-order valence-electron chi connectivity index (χ4n) is 3.99. The first-order valence-electron chi connectivity index (χ1n) is 10.1. The lowest BCUT2D eigenvalue weighted by Crippen LogP contribution is -2.53. The molecule has 0 aliphatic carbocycles. The summed E-state index contributed by atoms with van der Waals surface area (Å²) in [6.45, 7) is 3.84. The van der Waals surface area contributed by atoms with Crippen LogP contribution in [0.2, 0.25) is 0 Å². The van der Waals surface area contributed by atoms with Crippen LogP contribution in [0.25, 0.3) is 5.52 Å². The molecule has 5 rings (SSSR count). The zero-order valence-corrected chi connectivity index (χ0v) is 19.0. The molecule has 160 valence electrons. The average molecular weight is 447 g/mol. The summed E-state index contributed by atoms with van der Waals surface area (Å²) in [5.74, 6) is 2.10. The lowest BCUT2D eigenvalue weighted by atomic mass is 10.00. The van der Waals surface area contributed by atoms with Crippen molar-refractivity contribution in [1.29, 1.82) is 0 Å². The zero-order valence-electron chi connectivity index (χ0n) is 16.7. The number of nitrogens with one attached hydrogen (secondary N) is 1. The van der Waals surface area contributed by atoms with Crippen molar-refractivity contribution in [2.45, 2.75) is 31.4 Å². The number of rotatable bonds is 5. The number of H-pyrrole nitrogens is 1. The summed E-state index contributed by atoms with van der Waals surface area (Å²) >= 11 is 0. The van der Waals surface area contributed by atoms with Gasteiger partial charge in [-0.15, -0.1) is 17.9 Å². The standard InChI is InChI=1S/C20H23N5O3.H4P2/c26-20-18-9-22-19(14-3-6-27-7-4-14)25(18)11-15(23-20)10-24-12-17(13-24)28-16-2-1-5-21-8-16;1-2/h1-2,5,8-9,11,14,17H,3-4,6-7,10,12-13H2,(H,23,26);1-2H2. The van der Waals surface area contributed by atoms with Crippen LogP contribution in [0.3, 0.4) is 0 Å². The molecule has 3 aromatic heterocycles. The van der Waals surface area contributed by atoms with E-state index in [1.54, 1.807) is 18.6 Å². The Morgan fingerprint density at radius 2 is 2.03 bits per heavy atom. The second-order valence-corrected chi connectivity index (χ2v) is 7.49. The summed E-state index contributed by atoms with van der Waals surface area (Å²) in [5, 5.41) is 0. The summed E-state index contributed by atoms with van der Waals surface area (Å²) in [6, 6.07) is 3.78. The Morgan fingerprint density at radius 3 is 2.77 bits per heavy atom.